The van der Waals surface area contributed by atoms with E-state index in [1.165, 1.54) is 69.8 Å². The molecule has 6 rings (SSSR count). The molecule has 0 spiro atoms. The fourth-order valence-electron chi connectivity index (χ4n) is 6.62. The molecule has 0 saturated heterocycles. The summed E-state index contributed by atoms with van der Waals surface area (Å²) in [5.41, 5.74) is 10.5. The minimum atomic E-state index is 0.451. The predicted octanol–water partition coefficient (Wildman–Crippen LogP) is 8.48. The minimum absolute atomic E-state index is 0.451. The quantitative estimate of drug-likeness (QED) is 0.242. The third-order valence-corrected chi connectivity index (χ3v) is 8.81. The van der Waals surface area contributed by atoms with Gasteiger partial charge in [-0.15, -0.1) is 0 Å². The van der Waals surface area contributed by atoms with Crippen LogP contribution < -0.4 is 9.30 Å². The zero-order valence-corrected chi connectivity index (χ0v) is 23.0. The van der Waals surface area contributed by atoms with Crippen molar-refractivity contribution in [3.63, 3.8) is 0 Å². The van der Waals surface area contributed by atoms with Gasteiger partial charge in [0.2, 0.25) is 5.52 Å². The zero-order valence-electron chi connectivity index (χ0n) is 23.0. The van der Waals surface area contributed by atoms with Crippen LogP contribution in [0.2, 0.25) is 0 Å². The van der Waals surface area contributed by atoms with Crippen LogP contribution in [0.25, 0.3) is 33.1 Å². The first kappa shape index (κ1) is 23.5. The lowest BCUT2D eigenvalue weighted by atomic mass is 9.71. The lowest BCUT2D eigenvalue weighted by Crippen LogP contribution is -2.34. The van der Waals surface area contributed by atoms with E-state index in [0.29, 0.717) is 17.3 Å². The van der Waals surface area contributed by atoms with E-state index in [4.69, 9.17) is 9.72 Å². The summed E-state index contributed by atoms with van der Waals surface area (Å²) in [6.07, 6.45) is 6.05. The number of benzene rings is 3. The van der Waals surface area contributed by atoms with E-state index in [-0.39, 0.29) is 0 Å². The van der Waals surface area contributed by atoms with Gasteiger partial charge in [0.15, 0.2) is 0 Å². The molecule has 2 heterocycles. The Morgan fingerprint density at radius 2 is 1.83 bits per heavy atom. The van der Waals surface area contributed by atoms with Crippen molar-refractivity contribution in [3.05, 3.63) is 58.7 Å². The third kappa shape index (κ3) is 3.70. The second-order valence-corrected chi connectivity index (χ2v) is 12.6. The molecule has 0 unspecified atom stereocenters. The van der Waals surface area contributed by atoms with Crippen LogP contribution in [0.15, 0.2) is 36.4 Å². The first-order chi connectivity index (χ1) is 17.1. The Morgan fingerprint density at radius 1 is 1.08 bits per heavy atom. The Balaban J connectivity index is 1.58. The predicted molar refractivity (Wildman–Crippen MR) is 149 cm³/mol. The molecular formula is C33H39N2O+. The molecular weight excluding hydrogens is 440 g/mol. The molecule has 36 heavy (non-hydrogen) atoms. The fourth-order valence-corrected chi connectivity index (χ4v) is 6.62. The SMILES string of the molecule is Cc1cc2cc(CC(C)C)cc3c2c(c1C)-c1c(nc2c(C4CCC(C)(C)CC4)cccc2[n+]1C)O3. The van der Waals surface area contributed by atoms with Crippen molar-refractivity contribution in [1.82, 2.24) is 4.98 Å². The van der Waals surface area contributed by atoms with E-state index < -0.39 is 0 Å². The van der Waals surface area contributed by atoms with E-state index in [1.54, 1.807) is 0 Å². The highest BCUT2D eigenvalue weighted by Crippen LogP contribution is 2.49. The monoisotopic (exact) mass is 479 g/mol. The third-order valence-electron chi connectivity index (χ3n) is 8.81. The Kier molecular flexibility index (Phi) is 5.41. The molecule has 0 atom stereocenters. The van der Waals surface area contributed by atoms with Crippen molar-refractivity contribution in [2.45, 2.75) is 79.6 Å². The molecule has 0 N–H and O–H groups in total. The van der Waals surface area contributed by atoms with E-state index in [0.717, 1.165) is 29.3 Å². The summed E-state index contributed by atoms with van der Waals surface area (Å²) in [4.78, 5) is 5.29. The van der Waals surface area contributed by atoms with E-state index >= 15 is 0 Å². The van der Waals surface area contributed by atoms with Crippen LogP contribution in [-0.2, 0) is 13.5 Å². The molecule has 2 aliphatic rings. The van der Waals surface area contributed by atoms with Crippen LogP contribution in [-0.4, -0.2) is 4.98 Å². The largest absolute Gasteiger partial charge is 0.433 e. The smallest absolute Gasteiger partial charge is 0.294 e. The number of aryl methyl sites for hydroxylation is 2. The first-order valence-corrected chi connectivity index (χ1v) is 13.7. The topological polar surface area (TPSA) is 26.0 Å². The van der Waals surface area contributed by atoms with Crippen molar-refractivity contribution in [1.29, 1.82) is 0 Å². The average Bonchev–Trinajstić information content (AvgIpc) is 2.81. The fraction of sp³-hybridized carbons (Fsp3) is 0.455. The minimum Gasteiger partial charge on any atom is -0.433 e. The van der Waals surface area contributed by atoms with Gasteiger partial charge >= 0.3 is 0 Å². The average molecular weight is 480 g/mol. The second kappa shape index (κ2) is 8.30. The Hall–Kier alpha value is -2.94. The lowest BCUT2D eigenvalue weighted by molar-refractivity contribution is -0.634. The molecule has 1 aliphatic heterocycles. The number of ether oxygens (including phenoxy) is 1. The van der Waals surface area contributed by atoms with Crippen LogP contribution >= 0.6 is 0 Å². The first-order valence-electron chi connectivity index (χ1n) is 13.7. The second-order valence-electron chi connectivity index (χ2n) is 12.6. The summed E-state index contributed by atoms with van der Waals surface area (Å²) >= 11 is 0. The number of hydrogen-bond donors (Lipinski definition) is 0. The van der Waals surface area contributed by atoms with Crippen molar-refractivity contribution in [2.75, 3.05) is 0 Å². The number of aromatic nitrogens is 2. The van der Waals surface area contributed by atoms with Crippen LogP contribution in [0.5, 0.6) is 11.6 Å². The van der Waals surface area contributed by atoms with Crippen LogP contribution in [0.3, 0.4) is 0 Å². The van der Waals surface area contributed by atoms with Crippen LogP contribution in [0, 0.1) is 25.2 Å². The molecule has 4 aromatic rings. The maximum absolute atomic E-state index is 6.70. The summed E-state index contributed by atoms with van der Waals surface area (Å²) in [5, 5.41) is 2.49. The summed E-state index contributed by atoms with van der Waals surface area (Å²) in [5.74, 6) is 2.86. The summed E-state index contributed by atoms with van der Waals surface area (Å²) < 4.78 is 9.03. The summed E-state index contributed by atoms with van der Waals surface area (Å²) in [6.45, 7) is 13.8. The molecule has 3 heteroatoms. The maximum Gasteiger partial charge on any atom is 0.294 e. The van der Waals surface area contributed by atoms with Gasteiger partial charge in [-0.05, 0) is 96.9 Å². The maximum atomic E-state index is 6.70. The highest BCUT2D eigenvalue weighted by Gasteiger charge is 2.35. The van der Waals surface area contributed by atoms with Gasteiger partial charge in [0.1, 0.15) is 18.3 Å². The van der Waals surface area contributed by atoms with Crippen molar-refractivity contribution >= 4 is 21.8 Å². The highest BCUT2D eigenvalue weighted by molar-refractivity contribution is 6.05. The van der Waals surface area contributed by atoms with Crippen molar-refractivity contribution in [3.8, 4) is 22.9 Å². The Morgan fingerprint density at radius 3 is 2.56 bits per heavy atom. The summed E-state index contributed by atoms with van der Waals surface area (Å²) in [7, 11) is 2.19. The van der Waals surface area contributed by atoms with Gasteiger partial charge in [0.05, 0.1) is 5.56 Å². The summed E-state index contributed by atoms with van der Waals surface area (Å²) in [6, 6.07) is 13.7. The molecule has 0 amide bonds. The van der Waals surface area contributed by atoms with Crippen LogP contribution in [0.1, 0.15) is 81.5 Å². The standard InChI is InChI=1S/C33H39N2O/c1-19(2)15-22-17-24-16-20(3)21(4)28-29(24)27(18-22)36-32-31(28)35(7)26-10-8-9-25(30(26)34-32)23-11-13-33(5,6)14-12-23/h8-10,16-19,23H,11-15H2,1-7H3/q+1. The molecule has 3 aromatic carbocycles. The molecule has 0 radical (unpaired) electrons. The Bertz CT molecular complexity index is 1520. The Labute approximate surface area is 215 Å². The van der Waals surface area contributed by atoms with Gasteiger partial charge < -0.3 is 4.74 Å². The highest BCUT2D eigenvalue weighted by atomic mass is 16.5. The number of rotatable bonds is 3. The van der Waals surface area contributed by atoms with E-state index in [9.17, 15) is 0 Å². The van der Waals surface area contributed by atoms with Gasteiger partial charge in [0, 0.05) is 11.5 Å². The van der Waals surface area contributed by atoms with Crippen LogP contribution in [0.4, 0.5) is 0 Å². The van der Waals surface area contributed by atoms with E-state index in [2.05, 4.69) is 89.6 Å². The van der Waals surface area contributed by atoms with Gasteiger partial charge in [-0.25, -0.2) is 4.98 Å². The van der Waals surface area contributed by atoms with Gasteiger partial charge in [0.25, 0.3) is 11.6 Å². The lowest BCUT2D eigenvalue weighted by Gasteiger charge is -2.34. The zero-order chi connectivity index (χ0) is 25.4. The molecule has 1 aliphatic carbocycles. The normalized spacial score (nSPS) is 17.0. The number of para-hydroxylation sites is 1. The molecule has 0 bridgehead atoms. The van der Waals surface area contributed by atoms with Gasteiger partial charge in [-0.2, -0.15) is 4.57 Å². The molecule has 186 valence electrons. The molecule has 1 fully saturated rings. The molecule has 3 nitrogen and oxygen atoms in total. The van der Waals surface area contributed by atoms with Crippen molar-refractivity contribution in [2.24, 2.45) is 18.4 Å². The number of nitrogens with zero attached hydrogens (tertiary/aromatic N) is 2. The van der Waals surface area contributed by atoms with E-state index in [1.807, 2.05) is 0 Å². The van der Waals surface area contributed by atoms with Gasteiger partial charge in [-0.3, -0.25) is 0 Å². The number of hydrogen-bond acceptors (Lipinski definition) is 2. The van der Waals surface area contributed by atoms with Crippen molar-refractivity contribution < 1.29 is 9.30 Å². The van der Waals surface area contributed by atoms with Gasteiger partial charge in [-0.1, -0.05) is 52.0 Å². The molecule has 1 saturated carbocycles. The number of fused-ring (bicyclic) bond motifs is 3. The molecule has 1 aromatic heterocycles.